The van der Waals surface area contributed by atoms with Gasteiger partial charge in [-0.3, -0.25) is 9.80 Å². The molecule has 2 fully saturated rings. The molecule has 2 aliphatic carbocycles. The summed E-state index contributed by atoms with van der Waals surface area (Å²) in [6.45, 7) is 5.88. The van der Waals surface area contributed by atoms with Crippen LogP contribution >= 0.6 is 0 Å². The topological polar surface area (TPSA) is 35.6 Å². The van der Waals surface area contributed by atoms with E-state index in [2.05, 4.69) is 89.9 Å². The Bertz CT molecular complexity index is 1110. The van der Waals surface area contributed by atoms with Crippen molar-refractivity contribution in [2.45, 2.75) is 83.8 Å². The van der Waals surface area contributed by atoms with E-state index in [0.29, 0.717) is 12.0 Å². The fraction of sp³-hybridized carbons (Fsp3) is 0.472. The van der Waals surface area contributed by atoms with Crippen LogP contribution in [0.25, 0.3) is 0 Å². The lowest BCUT2D eigenvalue weighted by atomic mass is 9.73. The zero-order valence-corrected chi connectivity index (χ0v) is 24.3. The first-order valence-electron chi connectivity index (χ1n) is 15.5. The van der Waals surface area contributed by atoms with Crippen LogP contribution < -0.4 is 10.2 Å². The summed E-state index contributed by atoms with van der Waals surface area (Å²) < 4.78 is 0. The Balaban J connectivity index is 1.19. The van der Waals surface area contributed by atoms with Crippen molar-refractivity contribution in [1.29, 1.82) is 0 Å². The highest BCUT2D eigenvalue weighted by Crippen LogP contribution is 2.38. The monoisotopic (exact) mass is 537 g/mol. The Hall–Kier alpha value is -3.11. The molecule has 4 nitrogen and oxygen atoms in total. The van der Waals surface area contributed by atoms with Crippen molar-refractivity contribution >= 4 is 11.7 Å². The molecule has 5 rings (SSSR count). The Morgan fingerprint density at radius 3 is 1.82 bits per heavy atom. The van der Waals surface area contributed by atoms with Gasteiger partial charge in [0.15, 0.2) is 0 Å². The average molecular weight is 538 g/mol. The Kier molecular flexibility index (Phi) is 9.94. The van der Waals surface area contributed by atoms with Crippen LogP contribution in [0.5, 0.6) is 0 Å². The summed E-state index contributed by atoms with van der Waals surface area (Å²) in [5.41, 5.74) is 3.89. The summed E-state index contributed by atoms with van der Waals surface area (Å²) in [5, 5.41) is 3.38. The molecule has 0 spiro atoms. The van der Waals surface area contributed by atoms with Crippen molar-refractivity contribution in [3.8, 4) is 0 Å². The van der Waals surface area contributed by atoms with E-state index in [0.717, 1.165) is 57.5 Å². The molecule has 0 saturated heterocycles. The molecule has 3 aromatic carbocycles. The maximum absolute atomic E-state index is 13.6. The average Bonchev–Trinajstić information content (AvgIpc) is 3.01. The minimum absolute atomic E-state index is 0.0647. The molecule has 0 radical (unpaired) electrons. The smallest absolute Gasteiger partial charge is 0.321 e. The first kappa shape index (κ1) is 28.4. The third-order valence-corrected chi connectivity index (χ3v) is 9.28. The van der Waals surface area contributed by atoms with Gasteiger partial charge in [-0.25, -0.2) is 4.79 Å². The normalized spacial score (nSPS) is 21.7. The standard InChI is InChI=1S/C36H47N3O/c1-36(29-37-35(40)39(34-20-12-5-13-21-34)28-32-18-10-4-11-19-32)24-22-33(23-25-36)38(26-30-14-6-2-7-15-30)27-31-16-8-3-9-17-31/h2-3,5-9,12-17,20-21,32-33H,4,10-11,18-19,22-29H2,1H3,(H,37,40). The van der Waals surface area contributed by atoms with Crippen molar-refractivity contribution in [1.82, 2.24) is 10.2 Å². The number of carbonyl (C=O) groups is 1. The predicted molar refractivity (Wildman–Crippen MR) is 166 cm³/mol. The molecule has 2 saturated carbocycles. The Morgan fingerprint density at radius 2 is 1.27 bits per heavy atom. The number of urea groups is 1. The van der Waals surface area contributed by atoms with Gasteiger partial charge in [0, 0.05) is 37.9 Å². The summed E-state index contributed by atoms with van der Waals surface area (Å²) in [5.74, 6) is 0.603. The molecule has 212 valence electrons. The van der Waals surface area contributed by atoms with E-state index < -0.39 is 0 Å². The maximum Gasteiger partial charge on any atom is 0.321 e. The minimum atomic E-state index is 0.0647. The number of amides is 2. The third-order valence-electron chi connectivity index (χ3n) is 9.28. The highest BCUT2D eigenvalue weighted by atomic mass is 16.2. The number of benzene rings is 3. The molecule has 0 heterocycles. The number of hydrogen-bond donors (Lipinski definition) is 1. The van der Waals surface area contributed by atoms with Crippen molar-refractivity contribution in [2.24, 2.45) is 11.3 Å². The summed E-state index contributed by atoms with van der Waals surface area (Å²) in [7, 11) is 0. The minimum Gasteiger partial charge on any atom is -0.337 e. The van der Waals surface area contributed by atoms with Gasteiger partial charge >= 0.3 is 6.03 Å². The maximum atomic E-state index is 13.6. The largest absolute Gasteiger partial charge is 0.337 e. The van der Waals surface area contributed by atoms with Crippen molar-refractivity contribution in [3.63, 3.8) is 0 Å². The zero-order chi connectivity index (χ0) is 27.6. The molecule has 0 aliphatic heterocycles. The van der Waals surface area contributed by atoms with Gasteiger partial charge in [0.05, 0.1) is 0 Å². The van der Waals surface area contributed by atoms with E-state index in [9.17, 15) is 4.79 Å². The van der Waals surface area contributed by atoms with Crippen LogP contribution in [0.2, 0.25) is 0 Å². The molecule has 4 heteroatoms. The van der Waals surface area contributed by atoms with Crippen LogP contribution in [0.3, 0.4) is 0 Å². The molecular formula is C36H47N3O. The highest BCUT2D eigenvalue weighted by molar-refractivity contribution is 5.92. The number of rotatable bonds is 10. The second-order valence-corrected chi connectivity index (χ2v) is 12.5. The molecular weight excluding hydrogens is 490 g/mol. The van der Waals surface area contributed by atoms with Crippen LogP contribution in [0.4, 0.5) is 10.5 Å². The van der Waals surface area contributed by atoms with Gasteiger partial charge in [-0.15, -0.1) is 0 Å². The van der Waals surface area contributed by atoms with E-state index >= 15 is 0 Å². The van der Waals surface area contributed by atoms with Crippen LogP contribution in [-0.2, 0) is 13.1 Å². The number of nitrogens with one attached hydrogen (secondary N) is 1. The number of carbonyl (C=O) groups excluding carboxylic acids is 1. The number of hydrogen-bond acceptors (Lipinski definition) is 2. The lowest BCUT2D eigenvalue weighted by Crippen LogP contribution is -2.48. The summed E-state index contributed by atoms with van der Waals surface area (Å²) in [6.07, 6.45) is 11.0. The Labute approximate surface area is 241 Å². The summed E-state index contributed by atoms with van der Waals surface area (Å²) in [4.78, 5) is 18.3. The van der Waals surface area contributed by atoms with E-state index in [1.807, 2.05) is 23.1 Å². The lowest BCUT2D eigenvalue weighted by Gasteiger charge is -2.42. The molecule has 3 aromatic rings. The zero-order valence-electron chi connectivity index (χ0n) is 24.3. The van der Waals surface area contributed by atoms with Crippen molar-refractivity contribution < 1.29 is 4.79 Å². The SMILES string of the molecule is CC1(CNC(=O)N(CC2CCCCC2)c2ccccc2)CCC(N(Cc2ccccc2)Cc2ccccc2)CC1. The van der Waals surface area contributed by atoms with Gasteiger partial charge in [0.25, 0.3) is 0 Å². The van der Waals surface area contributed by atoms with Crippen LogP contribution in [0, 0.1) is 11.3 Å². The lowest BCUT2D eigenvalue weighted by molar-refractivity contribution is 0.0871. The van der Waals surface area contributed by atoms with Crippen LogP contribution in [-0.4, -0.2) is 30.1 Å². The summed E-state index contributed by atoms with van der Waals surface area (Å²) >= 11 is 0. The van der Waals surface area contributed by atoms with Gasteiger partial charge in [0.2, 0.25) is 0 Å². The van der Waals surface area contributed by atoms with E-state index in [1.165, 1.54) is 43.2 Å². The van der Waals surface area contributed by atoms with E-state index in [4.69, 9.17) is 0 Å². The van der Waals surface area contributed by atoms with Crippen molar-refractivity contribution in [3.05, 3.63) is 102 Å². The van der Waals surface area contributed by atoms with Crippen molar-refractivity contribution in [2.75, 3.05) is 18.0 Å². The molecule has 1 N–H and O–H groups in total. The first-order valence-corrected chi connectivity index (χ1v) is 15.5. The molecule has 0 aromatic heterocycles. The third kappa shape index (κ3) is 7.97. The number of anilines is 1. The molecule has 2 amide bonds. The molecule has 2 aliphatic rings. The molecule has 0 atom stereocenters. The van der Waals surface area contributed by atoms with E-state index in [1.54, 1.807) is 0 Å². The predicted octanol–water partition coefficient (Wildman–Crippen LogP) is 8.43. The Morgan fingerprint density at radius 1 is 0.750 bits per heavy atom. The quantitative estimate of drug-likeness (QED) is 0.282. The van der Waals surface area contributed by atoms with Gasteiger partial charge in [-0.2, -0.15) is 0 Å². The van der Waals surface area contributed by atoms with Gasteiger partial charge in [-0.05, 0) is 73.1 Å². The van der Waals surface area contributed by atoms with E-state index in [-0.39, 0.29) is 11.4 Å². The number of nitrogens with zero attached hydrogens (tertiary/aromatic N) is 2. The van der Waals surface area contributed by atoms with Crippen LogP contribution in [0.15, 0.2) is 91.0 Å². The number of para-hydroxylation sites is 1. The highest BCUT2D eigenvalue weighted by Gasteiger charge is 2.34. The second-order valence-electron chi connectivity index (χ2n) is 12.5. The van der Waals surface area contributed by atoms with Gasteiger partial charge in [0.1, 0.15) is 0 Å². The van der Waals surface area contributed by atoms with Crippen LogP contribution in [0.1, 0.15) is 75.8 Å². The first-order chi connectivity index (χ1) is 19.6. The fourth-order valence-electron chi connectivity index (χ4n) is 6.72. The van der Waals surface area contributed by atoms with Gasteiger partial charge in [-0.1, -0.05) is 105 Å². The van der Waals surface area contributed by atoms with Gasteiger partial charge < -0.3 is 5.32 Å². The summed E-state index contributed by atoms with van der Waals surface area (Å²) in [6, 6.07) is 32.6. The molecule has 0 bridgehead atoms. The second kappa shape index (κ2) is 14.0. The molecule has 0 unspecified atom stereocenters. The molecule has 40 heavy (non-hydrogen) atoms. The fourth-order valence-corrected chi connectivity index (χ4v) is 6.72.